The largest absolute Gasteiger partial charge is 0.445 e. The summed E-state index contributed by atoms with van der Waals surface area (Å²) in [5, 5.41) is 2.59. The summed E-state index contributed by atoms with van der Waals surface area (Å²) in [6.07, 6.45) is -0.322. The maximum atomic E-state index is 11.9. The summed E-state index contributed by atoms with van der Waals surface area (Å²) < 4.78 is 10.3. The van der Waals surface area contributed by atoms with Crippen LogP contribution in [0, 0.1) is 0 Å². The number of Topliss-reactive ketones (excluding diaryl/α,β-unsaturated/α-hetero) is 1. The molecule has 1 aromatic rings. The maximum Gasteiger partial charge on any atom is 0.410 e. The molecule has 0 aliphatic carbocycles. The lowest BCUT2D eigenvalue weighted by atomic mass is 10.2. The van der Waals surface area contributed by atoms with Crippen molar-refractivity contribution in [1.82, 2.24) is 10.2 Å². The summed E-state index contributed by atoms with van der Waals surface area (Å²) in [7, 11) is 1.52. The Morgan fingerprint density at radius 3 is 2.38 bits per heavy atom. The fraction of sp³-hybridized carbons (Fsp3) is 0.526. The number of nitrogens with one attached hydrogen (secondary N) is 1. The van der Waals surface area contributed by atoms with Crippen molar-refractivity contribution in [2.24, 2.45) is 0 Å². The molecule has 0 spiro atoms. The number of ether oxygens (including phenoxy) is 2. The quantitative estimate of drug-likeness (QED) is 0.716. The third kappa shape index (κ3) is 9.66. The average Bonchev–Trinajstić information content (AvgIpc) is 2.56. The van der Waals surface area contributed by atoms with Gasteiger partial charge < -0.3 is 19.7 Å². The highest BCUT2D eigenvalue weighted by molar-refractivity contribution is 5.83. The van der Waals surface area contributed by atoms with Gasteiger partial charge in [-0.1, -0.05) is 30.3 Å². The summed E-state index contributed by atoms with van der Waals surface area (Å²) in [5.74, 6) is -0.102. The van der Waals surface area contributed by atoms with Crippen LogP contribution in [0.1, 0.15) is 39.2 Å². The zero-order chi connectivity index (χ0) is 19.6. The summed E-state index contributed by atoms with van der Waals surface area (Å²) >= 11 is 0. The van der Waals surface area contributed by atoms with Gasteiger partial charge in [0.1, 0.15) is 12.2 Å². The van der Waals surface area contributed by atoms with E-state index in [1.165, 1.54) is 11.9 Å². The highest BCUT2D eigenvalue weighted by Gasteiger charge is 2.16. The summed E-state index contributed by atoms with van der Waals surface area (Å²) in [6.45, 7) is 5.81. The van der Waals surface area contributed by atoms with Crippen LogP contribution < -0.4 is 5.32 Å². The van der Waals surface area contributed by atoms with Crippen LogP contribution in [-0.4, -0.2) is 48.6 Å². The minimum atomic E-state index is -0.553. The van der Waals surface area contributed by atoms with Gasteiger partial charge in [0.2, 0.25) is 0 Å². The highest BCUT2D eigenvalue weighted by atomic mass is 16.6. The number of amides is 2. The first kappa shape index (κ1) is 21.5. The molecule has 0 radical (unpaired) electrons. The van der Waals surface area contributed by atoms with Gasteiger partial charge in [-0.05, 0) is 32.8 Å². The van der Waals surface area contributed by atoms with E-state index in [4.69, 9.17) is 9.47 Å². The van der Waals surface area contributed by atoms with Crippen molar-refractivity contribution in [3.05, 3.63) is 35.9 Å². The minimum absolute atomic E-state index is 0.0277. The minimum Gasteiger partial charge on any atom is -0.445 e. The fourth-order valence-corrected chi connectivity index (χ4v) is 2.03. The van der Waals surface area contributed by atoms with E-state index in [0.717, 1.165) is 5.56 Å². The van der Waals surface area contributed by atoms with Crippen molar-refractivity contribution in [3.63, 3.8) is 0 Å². The molecule has 7 nitrogen and oxygen atoms in total. The third-order valence-electron chi connectivity index (χ3n) is 3.23. The zero-order valence-corrected chi connectivity index (χ0v) is 15.9. The molecule has 26 heavy (non-hydrogen) atoms. The number of likely N-dealkylation sites (N-methyl/N-ethyl adjacent to an activating group) is 1. The predicted octanol–water partition coefficient (Wildman–Crippen LogP) is 3.13. The van der Waals surface area contributed by atoms with Gasteiger partial charge >= 0.3 is 12.2 Å². The summed E-state index contributed by atoms with van der Waals surface area (Å²) in [4.78, 5) is 36.5. The van der Waals surface area contributed by atoms with E-state index in [1.54, 1.807) is 20.8 Å². The SMILES string of the molecule is CN(CC(=O)CCCNC(=O)OC(C)(C)C)C(=O)OCc1ccccc1. The van der Waals surface area contributed by atoms with Crippen LogP contribution in [0.25, 0.3) is 0 Å². The second-order valence-electron chi connectivity index (χ2n) is 6.97. The Kier molecular flexibility index (Phi) is 8.61. The highest BCUT2D eigenvalue weighted by Crippen LogP contribution is 2.06. The Bertz CT molecular complexity index is 596. The lowest BCUT2D eigenvalue weighted by molar-refractivity contribution is -0.119. The number of nitrogens with zero attached hydrogens (tertiary/aromatic N) is 1. The number of carbonyl (C=O) groups excluding carboxylic acids is 3. The molecular weight excluding hydrogens is 336 g/mol. The number of carbonyl (C=O) groups is 3. The Labute approximate surface area is 154 Å². The van der Waals surface area contributed by atoms with E-state index in [0.29, 0.717) is 13.0 Å². The van der Waals surface area contributed by atoms with Crippen molar-refractivity contribution in [3.8, 4) is 0 Å². The molecule has 1 N–H and O–H groups in total. The number of benzene rings is 1. The molecule has 0 aliphatic heterocycles. The van der Waals surface area contributed by atoms with Gasteiger partial charge in [-0.3, -0.25) is 4.79 Å². The number of hydrogen-bond acceptors (Lipinski definition) is 5. The molecule has 0 aliphatic rings. The molecular formula is C19H28N2O5. The molecule has 0 fully saturated rings. The van der Waals surface area contributed by atoms with Crippen LogP contribution in [0.2, 0.25) is 0 Å². The molecule has 0 heterocycles. The summed E-state index contributed by atoms with van der Waals surface area (Å²) in [6, 6.07) is 9.32. The number of rotatable bonds is 8. The van der Waals surface area contributed by atoms with Crippen LogP contribution >= 0.6 is 0 Å². The second-order valence-corrected chi connectivity index (χ2v) is 6.97. The molecule has 0 unspecified atom stereocenters. The normalized spacial score (nSPS) is 10.8. The second kappa shape index (κ2) is 10.4. The maximum absolute atomic E-state index is 11.9. The van der Waals surface area contributed by atoms with Crippen molar-refractivity contribution in [2.75, 3.05) is 20.1 Å². The Morgan fingerprint density at radius 2 is 1.77 bits per heavy atom. The van der Waals surface area contributed by atoms with Gasteiger partial charge in [0.15, 0.2) is 5.78 Å². The van der Waals surface area contributed by atoms with Crippen LogP contribution in [-0.2, 0) is 20.9 Å². The van der Waals surface area contributed by atoms with Crippen molar-refractivity contribution < 1.29 is 23.9 Å². The molecule has 2 amide bonds. The molecule has 1 aromatic carbocycles. The smallest absolute Gasteiger partial charge is 0.410 e. The van der Waals surface area contributed by atoms with Gasteiger partial charge in [0.25, 0.3) is 0 Å². The van der Waals surface area contributed by atoms with Gasteiger partial charge in [-0.25, -0.2) is 9.59 Å². The van der Waals surface area contributed by atoms with Crippen molar-refractivity contribution in [2.45, 2.75) is 45.8 Å². The monoisotopic (exact) mass is 364 g/mol. The first-order valence-corrected chi connectivity index (χ1v) is 8.58. The standard InChI is InChI=1S/C19H28N2O5/c1-19(2,3)26-17(23)20-12-8-11-16(22)13-21(4)18(24)25-14-15-9-6-5-7-10-15/h5-7,9-10H,8,11-14H2,1-4H3,(H,20,23). The number of alkyl carbamates (subject to hydrolysis) is 1. The molecule has 144 valence electrons. The van der Waals surface area contributed by atoms with Crippen LogP contribution in [0.3, 0.4) is 0 Å². The van der Waals surface area contributed by atoms with E-state index in [9.17, 15) is 14.4 Å². The lowest BCUT2D eigenvalue weighted by Crippen LogP contribution is -2.34. The first-order valence-electron chi connectivity index (χ1n) is 8.58. The molecule has 0 saturated heterocycles. The zero-order valence-electron chi connectivity index (χ0n) is 15.9. The molecule has 0 bridgehead atoms. The van der Waals surface area contributed by atoms with Gasteiger partial charge in [-0.15, -0.1) is 0 Å². The third-order valence-corrected chi connectivity index (χ3v) is 3.23. The molecule has 0 atom stereocenters. The first-order chi connectivity index (χ1) is 12.2. The van der Waals surface area contributed by atoms with Gasteiger partial charge in [0.05, 0.1) is 6.54 Å². The van der Waals surface area contributed by atoms with E-state index in [2.05, 4.69) is 5.32 Å². The molecule has 0 aromatic heterocycles. The number of hydrogen-bond donors (Lipinski definition) is 1. The topological polar surface area (TPSA) is 84.9 Å². The van der Waals surface area contributed by atoms with E-state index in [-0.39, 0.29) is 25.4 Å². The van der Waals surface area contributed by atoms with Crippen molar-refractivity contribution in [1.29, 1.82) is 0 Å². The van der Waals surface area contributed by atoms with Gasteiger partial charge in [0, 0.05) is 20.0 Å². The van der Waals surface area contributed by atoms with Crippen LogP contribution in [0.4, 0.5) is 9.59 Å². The van der Waals surface area contributed by atoms with Crippen molar-refractivity contribution >= 4 is 18.0 Å². The average molecular weight is 364 g/mol. The number of ketones is 1. The Morgan fingerprint density at radius 1 is 1.12 bits per heavy atom. The van der Waals surface area contributed by atoms with E-state index < -0.39 is 17.8 Å². The molecule has 0 saturated carbocycles. The van der Waals surface area contributed by atoms with Gasteiger partial charge in [-0.2, -0.15) is 0 Å². The lowest BCUT2D eigenvalue weighted by Gasteiger charge is -2.19. The van der Waals surface area contributed by atoms with E-state index in [1.807, 2.05) is 30.3 Å². The van der Waals surface area contributed by atoms with E-state index >= 15 is 0 Å². The predicted molar refractivity (Wildman–Crippen MR) is 97.7 cm³/mol. The summed E-state index contributed by atoms with van der Waals surface area (Å²) in [5.41, 5.74) is 0.330. The molecule has 1 rings (SSSR count). The Balaban J connectivity index is 2.19. The van der Waals surface area contributed by atoms with Crippen LogP contribution in [0.15, 0.2) is 30.3 Å². The Hall–Kier alpha value is -2.57. The van der Waals surface area contributed by atoms with Crippen LogP contribution in [0.5, 0.6) is 0 Å². The fourth-order valence-electron chi connectivity index (χ4n) is 2.03. The molecule has 7 heteroatoms.